The molecule has 2 aromatic rings. The Kier molecular flexibility index (Phi) is 4.36. The molecular weight excluding hydrogens is 289 g/mol. The topological polar surface area (TPSA) is 63.8 Å². The summed E-state index contributed by atoms with van der Waals surface area (Å²) in [4.78, 5) is 8.13. The lowest BCUT2D eigenvalue weighted by molar-refractivity contribution is -0.137. The van der Waals surface area contributed by atoms with E-state index < -0.39 is 11.7 Å². The van der Waals surface area contributed by atoms with Crippen LogP contribution >= 0.6 is 11.3 Å². The molecule has 108 valence electrons. The van der Waals surface area contributed by atoms with E-state index in [0.29, 0.717) is 12.1 Å². The Morgan fingerprint density at radius 3 is 2.60 bits per heavy atom. The zero-order valence-corrected chi connectivity index (χ0v) is 11.4. The molecule has 0 amide bonds. The Labute approximate surface area is 117 Å². The van der Waals surface area contributed by atoms with Crippen LogP contribution in [0.3, 0.4) is 0 Å². The van der Waals surface area contributed by atoms with Crippen molar-refractivity contribution < 1.29 is 13.2 Å². The van der Waals surface area contributed by atoms with E-state index in [1.54, 1.807) is 0 Å². The SMILES string of the molecule is Cc1csc(CC(NN)c2ccc(C(F)(F)F)cn2)n1. The number of pyridine rings is 1. The lowest BCUT2D eigenvalue weighted by Crippen LogP contribution is -2.30. The van der Waals surface area contributed by atoms with Gasteiger partial charge in [0.2, 0.25) is 0 Å². The summed E-state index contributed by atoms with van der Waals surface area (Å²) in [5, 5.41) is 2.76. The maximum absolute atomic E-state index is 12.5. The molecule has 0 aliphatic heterocycles. The lowest BCUT2D eigenvalue weighted by Gasteiger charge is -2.14. The third-order valence-electron chi connectivity index (χ3n) is 2.72. The summed E-state index contributed by atoms with van der Waals surface area (Å²) in [7, 11) is 0. The predicted molar refractivity (Wildman–Crippen MR) is 69.9 cm³/mol. The van der Waals surface area contributed by atoms with Gasteiger partial charge in [0.05, 0.1) is 22.3 Å². The molecule has 2 rings (SSSR count). The van der Waals surface area contributed by atoms with Crippen LogP contribution in [0.5, 0.6) is 0 Å². The highest BCUT2D eigenvalue weighted by molar-refractivity contribution is 7.09. The fourth-order valence-electron chi connectivity index (χ4n) is 1.70. The zero-order valence-electron chi connectivity index (χ0n) is 10.6. The number of aryl methyl sites for hydroxylation is 1. The van der Waals surface area contributed by atoms with Gasteiger partial charge >= 0.3 is 6.18 Å². The average Bonchev–Trinajstić information content (AvgIpc) is 2.81. The van der Waals surface area contributed by atoms with E-state index in [9.17, 15) is 13.2 Å². The highest BCUT2D eigenvalue weighted by atomic mass is 32.1. The smallest absolute Gasteiger partial charge is 0.271 e. The fraction of sp³-hybridized carbons (Fsp3) is 0.333. The van der Waals surface area contributed by atoms with Crippen molar-refractivity contribution in [3.05, 3.63) is 45.7 Å². The first-order chi connectivity index (χ1) is 9.40. The molecule has 0 aliphatic rings. The first-order valence-electron chi connectivity index (χ1n) is 5.80. The Hall–Kier alpha value is -1.51. The number of aromatic nitrogens is 2. The summed E-state index contributed by atoms with van der Waals surface area (Å²) in [6, 6.07) is 1.95. The van der Waals surface area contributed by atoms with Gasteiger partial charge < -0.3 is 0 Å². The summed E-state index contributed by atoms with van der Waals surface area (Å²) < 4.78 is 37.4. The second-order valence-electron chi connectivity index (χ2n) is 4.28. The van der Waals surface area contributed by atoms with Gasteiger partial charge in [0.15, 0.2) is 0 Å². The van der Waals surface area contributed by atoms with E-state index in [2.05, 4.69) is 15.4 Å². The van der Waals surface area contributed by atoms with E-state index in [-0.39, 0.29) is 6.04 Å². The van der Waals surface area contributed by atoms with Crippen LogP contribution in [0.4, 0.5) is 13.2 Å². The van der Waals surface area contributed by atoms with Crippen molar-refractivity contribution in [1.29, 1.82) is 0 Å². The highest BCUT2D eigenvalue weighted by Crippen LogP contribution is 2.29. The van der Waals surface area contributed by atoms with Crippen LogP contribution in [0.2, 0.25) is 0 Å². The van der Waals surface area contributed by atoms with Crippen molar-refractivity contribution in [2.75, 3.05) is 0 Å². The Morgan fingerprint density at radius 1 is 1.40 bits per heavy atom. The van der Waals surface area contributed by atoms with E-state index in [0.717, 1.165) is 23.0 Å². The first kappa shape index (κ1) is 14.9. The molecule has 0 bridgehead atoms. The van der Waals surface area contributed by atoms with E-state index >= 15 is 0 Å². The van der Waals surface area contributed by atoms with Gasteiger partial charge in [-0.05, 0) is 19.1 Å². The first-order valence-corrected chi connectivity index (χ1v) is 6.68. The molecule has 2 heterocycles. The van der Waals surface area contributed by atoms with Crippen molar-refractivity contribution in [3.63, 3.8) is 0 Å². The van der Waals surface area contributed by atoms with Gasteiger partial charge in [-0.3, -0.25) is 16.3 Å². The average molecular weight is 302 g/mol. The number of hydrazine groups is 1. The van der Waals surface area contributed by atoms with Gasteiger partial charge in [-0.1, -0.05) is 0 Å². The van der Waals surface area contributed by atoms with Crippen molar-refractivity contribution in [2.45, 2.75) is 25.6 Å². The molecule has 2 aromatic heterocycles. The number of hydrogen-bond acceptors (Lipinski definition) is 5. The van der Waals surface area contributed by atoms with Gasteiger partial charge in [0, 0.05) is 23.7 Å². The molecule has 1 unspecified atom stereocenters. The Bertz CT molecular complexity index is 565. The number of rotatable bonds is 4. The quantitative estimate of drug-likeness (QED) is 0.673. The molecule has 0 aromatic carbocycles. The van der Waals surface area contributed by atoms with Crippen molar-refractivity contribution in [1.82, 2.24) is 15.4 Å². The van der Waals surface area contributed by atoms with Crippen molar-refractivity contribution in [2.24, 2.45) is 5.84 Å². The summed E-state index contributed by atoms with van der Waals surface area (Å²) in [6.07, 6.45) is -3.09. The van der Waals surface area contributed by atoms with Gasteiger partial charge in [0.1, 0.15) is 0 Å². The Balaban J connectivity index is 2.15. The van der Waals surface area contributed by atoms with Crippen molar-refractivity contribution in [3.8, 4) is 0 Å². The molecule has 8 heteroatoms. The van der Waals surface area contributed by atoms with Crippen LogP contribution in [-0.2, 0) is 12.6 Å². The minimum Gasteiger partial charge on any atom is -0.271 e. The monoisotopic (exact) mass is 302 g/mol. The molecule has 0 radical (unpaired) electrons. The zero-order chi connectivity index (χ0) is 14.8. The molecular formula is C12H13F3N4S. The van der Waals surface area contributed by atoms with Crippen LogP contribution in [-0.4, -0.2) is 9.97 Å². The third-order valence-corrected chi connectivity index (χ3v) is 3.71. The minimum atomic E-state index is -4.39. The molecule has 20 heavy (non-hydrogen) atoms. The summed E-state index contributed by atoms with van der Waals surface area (Å²) >= 11 is 1.48. The normalized spacial score (nSPS) is 13.4. The molecule has 0 spiro atoms. The summed E-state index contributed by atoms with van der Waals surface area (Å²) in [5.74, 6) is 5.45. The van der Waals surface area contributed by atoms with Gasteiger partial charge in [-0.2, -0.15) is 13.2 Å². The van der Waals surface area contributed by atoms with Gasteiger partial charge in [-0.15, -0.1) is 11.3 Å². The van der Waals surface area contributed by atoms with E-state index in [1.807, 2.05) is 12.3 Å². The summed E-state index contributed by atoms with van der Waals surface area (Å²) in [6.45, 7) is 1.88. The number of alkyl halides is 3. The molecule has 0 fully saturated rings. The highest BCUT2D eigenvalue weighted by Gasteiger charge is 2.31. The molecule has 0 saturated carbocycles. The van der Waals surface area contributed by atoms with Crippen LogP contribution < -0.4 is 11.3 Å². The molecule has 1 atom stereocenters. The lowest BCUT2D eigenvalue weighted by atomic mass is 10.1. The van der Waals surface area contributed by atoms with Crippen molar-refractivity contribution >= 4 is 11.3 Å². The maximum atomic E-state index is 12.5. The summed E-state index contributed by atoms with van der Waals surface area (Å²) in [5.41, 5.74) is 3.14. The third kappa shape index (κ3) is 3.53. The standard InChI is InChI=1S/C12H13F3N4S/c1-7-6-20-11(18-7)4-10(19-16)9-3-2-8(5-17-9)12(13,14)15/h2-3,5-6,10,19H,4,16H2,1H3. The van der Waals surface area contributed by atoms with Crippen LogP contribution in [0.1, 0.15) is 28.0 Å². The van der Waals surface area contributed by atoms with Gasteiger partial charge in [-0.25, -0.2) is 4.98 Å². The Morgan fingerprint density at radius 2 is 2.15 bits per heavy atom. The number of halogens is 3. The number of hydrogen-bond donors (Lipinski definition) is 2. The number of nitrogens with two attached hydrogens (primary N) is 1. The fourth-order valence-corrected chi connectivity index (χ4v) is 2.52. The molecule has 0 saturated heterocycles. The number of nitrogens with one attached hydrogen (secondary N) is 1. The van der Waals surface area contributed by atoms with Crippen LogP contribution in [0.15, 0.2) is 23.7 Å². The minimum absolute atomic E-state index is 0.372. The molecule has 3 N–H and O–H groups in total. The second kappa shape index (κ2) is 5.86. The largest absolute Gasteiger partial charge is 0.417 e. The predicted octanol–water partition coefficient (Wildman–Crippen LogP) is 2.61. The molecule has 0 aliphatic carbocycles. The van der Waals surface area contributed by atoms with Crippen LogP contribution in [0, 0.1) is 6.92 Å². The molecule has 4 nitrogen and oxygen atoms in total. The number of thiazole rings is 1. The van der Waals surface area contributed by atoms with Gasteiger partial charge in [0.25, 0.3) is 0 Å². The van der Waals surface area contributed by atoms with Crippen LogP contribution in [0.25, 0.3) is 0 Å². The number of nitrogens with zero attached hydrogens (tertiary/aromatic N) is 2. The second-order valence-corrected chi connectivity index (χ2v) is 5.22. The maximum Gasteiger partial charge on any atom is 0.417 e. The van der Waals surface area contributed by atoms with E-state index in [1.165, 1.54) is 17.4 Å². The van der Waals surface area contributed by atoms with E-state index in [4.69, 9.17) is 5.84 Å².